The van der Waals surface area contributed by atoms with Crippen LogP contribution in [0.2, 0.25) is 0 Å². The Balaban J connectivity index is 1.63. The van der Waals surface area contributed by atoms with Crippen molar-refractivity contribution in [1.29, 1.82) is 5.26 Å². The lowest BCUT2D eigenvalue weighted by molar-refractivity contribution is -0.119. The Hall–Kier alpha value is -2.17. The standard InChI is InChI=1S/C18H18N2O3S2/c1-10-3-5-12-13(8-19)17(25-15(12)7-10)20-16(21)9-23-18(22)14-6-4-11(2)24-14/h4,6,10H,3,5,7,9H2,1-2H3,(H,20,21)/t10-/m1/s1. The number of esters is 1. The predicted octanol–water partition coefficient (Wildman–Crippen LogP) is 3.91. The normalized spacial score (nSPS) is 16.0. The lowest BCUT2D eigenvalue weighted by Gasteiger charge is -2.17. The number of hydrogen-bond donors (Lipinski definition) is 1. The first-order chi connectivity index (χ1) is 12.0. The SMILES string of the molecule is Cc1ccc(C(=O)OCC(=O)Nc2sc3c(c2C#N)CC[C@@H](C)C3)s1. The van der Waals surface area contributed by atoms with Crippen LogP contribution >= 0.6 is 22.7 Å². The largest absolute Gasteiger partial charge is 0.451 e. The molecule has 0 spiro atoms. The number of carbonyl (C=O) groups excluding carboxylic acids is 2. The maximum Gasteiger partial charge on any atom is 0.348 e. The summed E-state index contributed by atoms with van der Waals surface area (Å²) in [5, 5.41) is 12.7. The van der Waals surface area contributed by atoms with Crippen LogP contribution in [0, 0.1) is 24.2 Å². The van der Waals surface area contributed by atoms with Crippen LogP contribution < -0.4 is 5.32 Å². The molecule has 0 bridgehead atoms. The summed E-state index contributed by atoms with van der Waals surface area (Å²) in [6, 6.07) is 5.72. The first-order valence-electron chi connectivity index (χ1n) is 8.06. The van der Waals surface area contributed by atoms with E-state index >= 15 is 0 Å². The molecule has 2 heterocycles. The second-order valence-electron chi connectivity index (χ2n) is 6.20. The smallest absolute Gasteiger partial charge is 0.348 e. The number of fused-ring (bicyclic) bond motifs is 1. The fraction of sp³-hybridized carbons (Fsp3) is 0.389. The maximum absolute atomic E-state index is 12.1. The Morgan fingerprint density at radius 2 is 2.20 bits per heavy atom. The van der Waals surface area contributed by atoms with Crippen molar-refractivity contribution in [2.75, 3.05) is 11.9 Å². The summed E-state index contributed by atoms with van der Waals surface area (Å²) in [4.78, 5) is 26.7. The van der Waals surface area contributed by atoms with E-state index in [9.17, 15) is 14.9 Å². The third-order valence-corrected chi connectivity index (χ3v) is 6.30. The number of anilines is 1. The molecule has 5 nitrogen and oxygen atoms in total. The molecule has 1 amide bonds. The summed E-state index contributed by atoms with van der Waals surface area (Å²) in [5.41, 5.74) is 1.62. The van der Waals surface area contributed by atoms with Crippen molar-refractivity contribution in [3.63, 3.8) is 0 Å². The molecule has 130 valence electrons. The van der Waals surface area contributed by atoms with Gasteiger partial charge in [0.2, 0.25) is 0 Å². The molecule has 0 saturated carbocycles. The van der Waals surface area contributed by atoms with E-state index in [4.69, 9.17) is 4.74 Å². The van der Waals surface area contributed by atoms with Gasteiger partial charge in [-0.1, -0.05) is 6.92 Å². The lowest BCUT2D eigenvalue weighted by Crippen LogP contribution is -2.20. The molecule has 0 saturated heterocycles. The highest BCUT2D eigenvalue weighted by Gasteiger charge is 2.24. The van der Waals surface area contributed by atoms with Crippen molar-refractivity contribution in [3.8, 4) is 6.07 Å². The minimum absolute atomic E-state index is 0.361. The number of thiophene rings is 2. The van der Waals surface area contributed by atoms with E-state index < -0.39 is 11.9 Å². The van der Waals surface area contributed by atoms with E-state index in [1.807, 2.05) is 13.0 Å². The van der Waals surface area contributed by atoms with Crippen molar-refractivity contribution >= 4 is 39.6 Å². The number of aryl methyl sites for hydroxylation is 1. The number of amides is 1. The molecule has 0 radical (unpaired) electrons. The highest BCUT2D eigenvalue weighted by molar-refractivity contribution is 7.16. The van der Waals surface area contributed by atoms with Crippen LogP contribution in [-0.2, 0) is 22.4 Å². The molecular weight excluding hydrogens is 356 g/mol. The van der Waals surface area contributed by atoms with E-state index in [0.717, 1.165) is 29.7 Å². The van der Waals surface area contributed by atoms with E-state index in [1.54, 1.807) is 6.07 Å². The zero-order valence-corrected chi connectivity index (χ0v) is 15.7. The number of ether oxygens (including phenoxy) is 1. The van der Waals surface area contributed by atoms with E-state index in [2.05, 4.69) is 18.3 Å². The molecule has 0 unspecified atom stereocenters. The number of nitriles is 1. The molecule has 1 N–H and O–H groups in total. The minimum atomic E-state index is -0.506. The molecule has 2 aromatic rings. The van der Waals surface area contributed by atoms with Crippen molar-refractivity contribution in [2.24, 2.45) is 5.92 Å². The Labute approximate surface area is 154 Å². The Morgan fingerprint density at radius 3 is 2.88 bits per heavy atom. The van der Waals surface area contributed by atoms with Gasteiger partial charge in [0.1, 0.15) is 15.9 Å². The van der Waals surface area contributed by atoms with Crippen molar-refractivity contribution in [3.05, 3.63) is 37.9 Å². The van der Waals surface area contributed by atoms with Gasteiger partial charge in [-0.25, -0.2) is 4.79 Å². The highest BCUT2D eigenvalue weighted by Crippen LogP contribution is 2.39. The van der Waals surface area contributed by atoms with Gasteiger partial charge in [0.05, 0.1) is 5.56 Å². The minimum Gasteiger partial charge on any atom is -0.451 e. The molecule has 7 heteroatoms. The molecule has 0 fully saturated rings. The predicted molar refractivity (Wildman–Crippen MR) is 98.2 cm³/mol. The quantitative estimate of drug-likeness (QED) is 0.823. The zero-order chi connectivity index (χ0) is 18.0. The van der Waals surface area contributed by atoms with Gasteiger partial charge in [0, 0.05) is 9.75 Å². The van der Waals surface area contributed by atoms with Gasteiger partial charge in [-0.05, 0) is 49.8 Å². The summed E-state index contributed by atoms with van der Waals surface area (Å²) in [6.45, 7) is 3.73. The third-order valence-electron chi connectivity index (χ3n) is 4.15. The summed E-state index contributed by atoms with van der Waals surface area (Å²) < 4.78 is 5.05. The van der Waals surface area contributed by atoms with Gasteiger partial charge in [-0.15, -0.1) is 22.7 Å². The van der Waals surface area contributed by atoms with Gasteiger partial charge in [-0.3, -0.25) is 4.79 Å². The summed E-state index contributed by atoms with van der Waals surface area (Å²) >= 11 is 2.79. The summed E-state index contributed by atoms with van der Waals surface area (Å²) in [6.07, 6.45) is 2.87. The van der Waals surface area contributed by atoms with Crippen molar-refractivity contribution in [2.45, 2.75) is 33.1 Å². The number of nitrogens with zero attached hydrogens (tertiary/aromatic N) is 1. The third kappa shape index (κ3) is 3.91. The number of nitrogens with one attached hydrogen (secondary N) is 1. The van der Waals surface area contributed by atoms with Crippen LogP contribution in [0.15, 0.2) is 12.1 Å². The van der Waals surface area contributed by atoms with Crippen LogP contribution in [0.4, 0.5) is 5.00 Å². The molecule has 0 aliphatic heterocycles. The van der Waals surface area contributed by atoms with Crippen LogP contribution in [0.25, 0.3) is 0 Å². The highest BCUT2D eigenvalue weighted by atomic mass is 32.1. The molecule has 3 rings (SSSR count). The monoisotopic (exact) mass is 374 g/mol. The fourth-order valence-electron chi connectivity index (χ4n) is 2.87. The first kappa shape index (κ1) is 17.6. The van der Waals surface area contributed by atoms with Gasteiger partial charge >= 0.3 is 5.97 Å². The average molecular weight is 374 g/mol. The molecule has 1 aliphatic carbocycles. The molecule has 1 aliphatic rings. The Bertz CT molecular complexity index is 860. The first-order valence-corrected chi connectivity index (χ1v) is 9.69. The van der Waals surface area contributed by atoms with Crippen LogP contribution in [0.3, 0.4) is 0 Å². The second kappa shape index (κ2) is 7.38. The van der Waals surface area contributed by atoms with Gasteiger partial charge < -0.3 is 10.1 Å². The van der Waals surface area contributed by atoms with Gasteiger partial charge in [0.15, 0.2) is 6.61 Å². The van der Waals surface area contributed by atoms with Crippen LogP contribution in [-0.4, -0.2) is 18.5 Å². The van der Waals surface area contributed by atoms with E-state index in [0.29, 0.717) is 21.4 Å². The maximum atomic E-state index is 12.1. The molecule has 0 aromatic carbocycles. The number of rotatable bonds is 4. The second-order valence-corrected chi connectivity index (χ2v) is 8.60. The average Bonchev–Trinajstić information content (AvgIpc) is 3.15. The lowest BCUT2D eigenvalue weighted by atomic mass is 9.89. The summed E-state index contributed by atoms with van der Waals surface area (Å²) in [5.74, 6) is -0.339. The molecule has 1 atom stereocenters. The van der Waals surface area contributed by atoms with Crippen LogP contribution in [0.5, 0.6) is 0 Å². The number of hydrogen-bond acceptors (Lipinski definition) is 6. The Kier molecular flexibility index (Phi) is 5.21. The topological polar surface area (TPSA) is 79.2 Å². The van der Waals surface area contributed by atoms with Crippen molar-refractivity contribution in [1.82, 2.24) is 0 Å². The van der Waals surface area contributed by atoms with Gasteiger partial charge in [-0.2, -0.15) is 5.26 Å². The van der Waals surface area contributed by atoms with Crippen LogP contribution in [0.1, 0.15) is 43.9 Å². The van der Waals surface area contributed by atoms with E-state index in [1.165, 1.54) is 27.6 Å². The molecule has 25 heavy (non-hydrogen) atoms. The summed E-state index contributed by atoms with van der Waals surface area (Å²) in [7, 11) is 0. The Morgan fingerprint density at radius 1 is 1.40 bits per heavy atom. The fourth-order valence-corrected chi connectivity index (χ4v) is 5.00. The zero-order valence-electron chi connectivity index (χ0n) is 14.0. The molecule has 2 aromatic heterocycles. The van der Waals surface area contributed by atoms with Gasteiger partial charge in [0.25, 0.3) is 5.91 Å². The van der Waals surface area contributed by atoms with Crippen molar-refractivity contribution < 1.29 is 14.3 Å². The van der Waals surface area contributed by atoms with E-state index in [-0.39, 0.29) is 6.61 Å². The number of carbonyl (C=O) groups is 2. The molecular formula is C18H18N2O3S2.